The first kappa shape index (κ1) is 14.7. The van der Waals surface area contributed by atoms with E-state index in [-0.39, 0.29) is 10.7 Å². The van der Waals surface area contributed by atoms with E-state index < -0.39 is 16.1 Å². The Hall–Kier alpha value is -1.40. The number of pyridine rings is 1. The summed E-state index contributed by atoms with van der Waals surface area (Å²) < 4.78 is 0. The summed E-state index contributed by atoms with van der Waals surface area (Å²) in [5, 5.41) is 23.7. The largest absolute Gasteiger partial charge is 0.388 e. The standard InChI is InChI=1S/C11H16ClN3O3/c1-10(2,11(3,4)16)14-9-8(12)5-7(6-13-9)15(17)18/h5-6,16H,1-4H3,(H,13,14). The summed E-state index contributed by atoms with van der Waals surface area (Å²) in [6.07, 6.45) is 1.12. The Morgan fingerprint density at radius 2 is 2.00 bits per heavy atom. The maximum atomic E-state index is 10.6. The normalized spacial score (nSPS) is 12.3. The zero-order chi connectivity index (χ0) is 14.1. The van der Waals surface area contributed by atoms with E-state index in [9.17, 15) is 15.2 Å². The smallest absolute Gasteiger partial charge is 0.289 e. The van der Waals surface area contributed by atoms with Gasteiger partial charge in [0.15, 0.2) is 0 Å². The molecule has 1 rings (SSSR count). The molecule has 0 amide bonds. The third-order valence-electron chi connectivity index (χ3n) is 3.00. The molecule has 0 radical (unpaired) electrons. The number of halogens is 1. The second kappa shape index (κ2) is 4.70. The molecule has 0 atom stereocenters. The van der Waals surface area contributed by atoms with E-state index >= 15 is 0 Å². The predicted molar refractivity (Wildman–Crippen MR) is 69.9 cm³/mol. The summed E-state index contributed by atoms with van der Waals surface area (Å²) in [5.74, 6) is 0.300. The van der Waals surface area contributed by atoms with Crippen LogP contribution >= 0.6 is 11.6 Å². The minimum atomic E-state index is -1.01. The first-order chi connectivity index (χ1) is 8.04. The van der Waals surface area contributed by atoms with Gasteiger partial charge in [-0.15, -0.1) is 0 Å². The van der Waals surface area contributed by atoms with Gasteiger partial charge >= 0.3 is 0 Å². The van der Waals surface area contributed by atoms with Gasteiger partial charge in [0.25, 0.3) is 5.69 Å². The quantitative estimate of drug-likeness (QED) is 0.650. The number of anilines is 1. The van der Waals surface area contributed by atoms with Crippen LogP contribution in [-0.2, 0) is 0 Å². The first-order valence-electron chi connectivity index (χ1n) is 5.35. The lowest BCUT2D eigenvalue weighted by molar-refractivity contribution is -0.385. The molecule has 0 aliphatic carbocycles. The summed E-state index contributed by atoms with van der Waals surface area (Å²) in [4.78, 5) is 13.9. The number of aromatic nitrogens is 1. The van der Waals surface area contributed by atoms with Gasteiger partial charge in [0.2, 0.25) is 0 Å². The molecular weight excluding hydrogens is 258 g/mol. The fourth-order valence-electron chi connectivity index (χ4n) is 1.07. The van der Waals surface area contributed by atoms with Crippen LogP contribution in [0.25, 0.3) is 0 Å². The van der Waals surface area contributed by atoms with Gasteiger partial charge in [0.05, 0.1) is 21.1 Å². The molecule has 1 heterocycles. The van der Waals surface area contributed by atoms with Gasteiger partial charge < -0.3 is 10.4 Å². The lowest BCUT2D eigenvalue weighted by Gasteiger charge is -2.38. The molecule has 0 aliphatic rings. The maximum absolute atomic E-state index is 10.6. The number of nitrogens with zero attached hydrogens (tertiary/aromatic N) is 2. The van der Waals surface area contributed by atoms with Crippen molar-refractivity contribution in [3.05, 3.63) is 27.4 Å². The average molecular weight is 274 g/mol. The summed E-state index contributed by atoms with van der Waals surface area (Å²) in [7, 11) is 0. The average Bonchev–Trinajstić information content (AvgIpc) is 2.18. The maximum Gasteiger partial charge on any atom is 0.289 e. The van der Waals surface area contributed by atoms with Crippen LogP contribution < -0.4 is 5.32 Å². The van der Waals surface area contributed by atoms with Crippen molar-refractivity contribution < 1.29 is 10.0 Å². The Balaban J connectivity index is 3.03. The van der Waals surface area contributed by atoms with Gasteiger partial charge in [-0.2, -0.15) is 0 Å². The highest BCUT2D eigenvalue weighted by Crippen LogP contribution is 2.30. The predicted octanol–water partition coefficient (Wildman–Crippen LogP) is 2.60. The Morgan fingerprint density at radius 1 is 1.44 bits per heavy atom. The third-order valence-corrected chi connectivity index (χ3v) is 3.29. The molecule has 0 saturated heterocycles. The molecule has 0 fully saturated rings. The summed E-state index contributed by atoms with van der Waals surface area (Å²) in [5.41, 5.74) is -1.88. The van der Waals surface area contributed by atoms with Crippen molar-refractivity contribution in [2.24, 2.45) is 0 Å². The van der Waals surface area contributed by atoms with Crippen LogP contribution in [0.2, 0.25) is 5.02 Å². The van der Waals surface area contributed by atoms with E-state index in [1.807, 2.05) is 0 Å². The Kier molecular flexibility index (Phi) is 3.83. The lowest BCUT2D eigenvalue weighted by Crippen LogP contribution is -2.51. The molecule has 0 spiro atoms. The van der Waals surface area contributed by atoms with E-state index in [1.54, 1.807) is 27.7 Å². The van der Waals surface area contributed by atoms with E-state index in [0.717, 1.165) is 6.20 Å². The minimum Gasteiger partial charge on any atom is -0.388 e. The van der Waals surface area contributed by atoms with Crippen LogP contribution in [0.3, 0.4) is 0 Å². The molecule has 0 aliphatic heterocycles. The van der Waals surface area contributed by atoms with Crippen LogP contribution in [0.15, 0.2) is 12.3 Å². The molecule has 18 heavy (non-hydrogen) atoms. The van der Waals surface area contributed by atoms with Gasteiger partial charge in [-0.05, 0) is 27.7 Å². The topological polar surface area (TPSA) is 88.3 Å². The molecular formula is C11H16ClN3O3. The molecule has 0 unspecified atom stereocenters. The van der Waals surface area contributed by atoms with Crippen molar-refractivity contribution in [2.45, 2.75) is 38.8 Å². The van der Waals surface area contributed by atoms with E-state index in [2.05, 4.69) is 10.3 Å². The van der Waals surface area contributed by atoms with Crippen molar-refractivity contribution in [3.63, 3.8) is 0 Å². The van der Waals surface area contributed by atoms with Gasteiger partial charge in [0, 0.05) is 6.07 Å². The molecule has 1 aromatic heterocycles. The molecule has 0 bridgehead atoms. The van der Waals surface area contributed by atoms with Gasteiger partial charge in [0.1, 0.15) is 12.0 Å². The highest BCUT2D eigenvalue weighted by Gasteiger charge is 2.35. The van der Waals surface area contributed by atoms with Crippen LogP contribution in [0, 0.1) is 10.1 Å². The monoisotopic (exact) mass is 273 g/mol. The van der Waals surface area contributed by atoms with Crippen molar-refractivity contribution >= 4 is 23.1 Å². The molecule has 0 aromatic carbocycles. The van der Waals surface area contributed by atoms with Crippen LogP contribution in [0.5, 0.6) is 0 Å². The van der Waals surface area contributed by atoms with E-state index in [1.165, 1.54) is 6.07 Å². The second-order valence-corrected chi connectivity index (χ2v) is 5.50. The SMILES string of the molecule is CC(C)(O)C(C)(C)Nc1ncc([N+](=O)[O-])cc1Cl. The Morgan fingerprint density at radius 3 is 2.39 bits per heavy atom. The van der Waals surface area contributed by atoms with Gasteiger partial charge in [-0.1, -0.05) is 11.6 Å². The minimum absolute atomic E-state index is 0.140. The van der Waals surface area contributed by atoms with Gasteiger partial charge in [-0.25, -0.2) is 4.98 Å². The number of hydrogen-bond acceptors (Lipinski definition) is 5. The van der Waals surface area contributed by atoms with Crippen molar-refractivity contribution in [2.75, 3.05) is 5.32 Å². The molecule has 2 N–H and O–H groups in total. The molecule has 7 heteroatoms. The molecule has 100 valence electrons. The second-order valence-electron chi connectivity index (χ2n) is 5.09. The van der Waals surface area contributed by atoms with Crippen molar-refractivity contribution in [1.29, 1.82) is 0 Å². The lowest BCUT2D eigenvalue weighted by atomic mass is 9.86. The first-order valence-corrected chi connectivity index (χ1v) is 5.73. The van der Waals surface area contributed by atoms with Crippen molar-refractivity contribution in [3.8, 4) is 0 Å². The number of hydrogen-bond donors (Lipinski definition) is 2. The fourth-order valence-corrected chi connectivity index (χ4v) is 1.28. The van der Waals surface area contributed by atoms with Crippen LogP contribution in [0.1, 0.15) is 27.7 Å². The highest BCUT2D eigenvalue weighted by molar-refractivity contribution is 6.33. The zero-order valence-corrected chi connectivity index (χ0v) is 11.4. The van der Waals surface area contributed by atoms with E-state index in [4.69, 9.17) is 11.6 Å². The fraction of sp³-hybridized carbons (Fsp3) is 0.545. The van der Waals surface area contributed by atoms with Crippen LogP contribution in [-0.4, -0.2) is 26.2 Å². The Bertz CT molecular complexity index is 469. The summed E-state index contributed by atoms with van der Waals surface area (Å²) in [6, 6.07) is 1.22. The third kappa shape index (κ3) is 3.08. The number of nitro groups is 1. The van der Waals surface area contributed by atoms with Crippen LogP contribution in [0.4, 0.5) is 11.5 Å². The van der Waals surface area contributed by atoms with Gasteiger partial charge in [-0.3, -0.25) is 10.1 Å². The number of aliphatic hydroxyl groups is 1. The molecule has 6 nitrogen and oxygen atoms in total. The Labute approximate surface area is 110 Å². The summed E-state index contributed by atoms with van der Waals surface area (Å²) in [6.45, 7) is 6.87. The molecule has 0 saturated carbocycles. The molecule has 1 aromatic rings. The summed E-state index contributed by atoms with van der Waals surface area (Å²) >= 11 is 5.92. The number of nitrogens with one attached hydrogen (secondary N) is 1. The van der Waals surface area contributed by atoms with Crippen molar-refractivity contribution in [1.82, 2.24) is 4.98 Å². The highest BCUT2D eigenvalue weighted by atomic mass is 35.5. The zero-order valence-electron chi connectivity index (χ0n) is 10.7. The number of rotatable bonds is 4. The van der Waals surface area contributed by atoms with E-state index in [0.29, 0.717) is 5.82 Å².